The van der Waals surface area contributed by atoms with Gasteiger partial charge in [-0.2, -0.15) is 0 Å². The van der Waals surface area contributed by atoms with E-state index in [9.17, 15) is 9.59 Å². The number of quaternary nitrogens is 1. The predicted octanol–water partition coefficient (Wildman–Crippen LogP) is 1.02. The van der Waals surface area contributed by atoms with Crippen molar-refractivity contribution in [2.45, 2.75) is 19.3 Å². The molecule has 110 valence electrons. The van der Waals surface area contributed by atoms with E-state index in [4.69, 9.17) is 9.84 Å². The van der Waals surface area contributed by atoms with Gasteiger partial charge in [-0.25, -0.2) is 4.79 Å². The van der Waals surface area contributed by atoms with Crippen molar-refractivity contribution in [2.75, 3.05) is 47.4 Å². The standard InChI is InChI=1S/C13H24N2O4/c1-15(2,3)9-4-10-19-13(18)14-7-5-11(6-8-14)12(16)17/h11H,4-10H2,1-3H3/p+1. The number of nitrogens with zero attached hydrogens (tertiary/aromatic N) is 2. The molecule has 1 rings (SSSR count). The monoisotopic (exact) mass is 273 g/mol. The van der Waals surface area contributed by atoms with Crippen LogP contribution in [0.5, 0.6) is 0 Å². The Morgan fingerprint density at radius 2 is 1.84 bits per heavy atom. The van der Waals surface area contributed by atoms with Gasteiger partial charge in [0.05, 0.1) is 40.2 Å². The molecule has 0 bridgehead atoms. The fourth-order valence-corrected chi connectivity index (χ4v) is 2.10. The fraction of sp³-hybridized carbons (Fsp3) is 0.846. The average molecular weight is 273 g/mol. The summed E-state index contributed by atoms with van der Waals surface area (Å²) in [7, 11) is 6.29. The Bertz CT molecular complexity index is 317. The van der Waals surface area contributed by atoms with Gasteiger partial charge in [0.1, 0.15) is 0 Å². The van der Waals surface area contributed by atoms with Crippen molar-refractivity contribution in [3.05, 3.63) is 0 Å². The summed E-state index contributed by atoms with van der Waals surface area (Å²) < 4.78 is 6.05. The Morgan fingerprint density at radius 1 is 1.26 bits per heavy atom. The minimum absolute atomic E-state index is 0.315. The smallest absolute Gasteiger partial charge is 0.409 e. The summed E-state index contributed by atoms with van der Waals surface area (Å²) in [5, 5.41) is 8.88. The highest BCUT2D eigenvalue weighted by Gasteiger charge is 2.27. The minimum atomic E-state index is -0.768. The van der Waals surface area contributed by atoms with E-state index in [1.54, 1.807) is 4.90 Å². The number of rotatable bonds is 5. The zero-order valence-electron chi connectivity index (χ0n) is 12.1. The Hall–Kier alpha value is -1.30. The lowest BCUT2D eigenvalue weighted by atomic mass is 9.97. The number of ether oxygens (including phenoxy) is 1. The first-order valence-electron chi connectivity index (χ1n) is 6.74. The number of amides is 1. The molecule has 6 nitrogen and oxygen atoms in total. The molecular formula is C13H25N2O4+. The first-order valence-corrected chi connectivity index (χ1v) is 6.74. The van der Waals surface area contributed by atoms with Crippen LogP contribution in [0.15, 0.2) is 0 Å². The molecule has 6 heteroatoms. The molecule has 1 fully saturated rings. The van der Waals surface area contributed by atoms with Crippen LogP contribution >= 0.6 is 0 Å². The molecule has 0 saturated carbocycles. The molecule has 1 aliphatic heterocycles. The van der Waals surface area contributed by atoms with Crippen LogP contribution in [0.2, 0.25) is 0 Å². The molecule has 1 saturated heterocycles. The van der Waals surface area contributed by atoms with Crippen LogP contribution in [0.1, 0.15) is 19.3 Å². The van der Waals surface area contributed by atoms with E-state index in [0.717, 1.165) is 17.4 Å². The topological polar surface area (TPSA) is 66.8 Å². The summed E-state index contributed by atoms with van der Waals surface area (Å²) in [6.07, 6.45) is 1.55. The number of piperidine rings is 1. The molecule has 0 aromatic carbocycles. The number of hydrogen-bond acceptors (Lipinski definition) is 3. The summed E-state index contributed by atoms with van der Waals surface area (Å²) >= 11 is 0. The Labute approximate surface area is 114 Å². The summed E-state index contributed by atoms with van der Waals surface area (Å²) in [6, 6.07) is 0. The minimum Gasteiger partial charge on any atom is -0.481 e. The molecule has 0 aromatic rings. The van der Waals surface area contributed by atoms with E-state index in [2.05, 4.69) is 21.1 Å². The summed E-state index contributed by atoms with van der Waals surface area (Å²) in [6.45, 7) is 2.33. The van der Waals surface area contributed by atoms with Gasteiger partial charge in [0.2, 0.25) is 0 Å². The first kappa shape index (κ1) is 15.8. The molecular weight excluding hydrogens is 248 g/mol. The van der Waals surface area contributed by atoms with Crippen molar-refractivity contribution in [1.82, 2.24) is 4.90 Å². The van der Waals surface area contributed by atoms with E-state index in [1.807, 2.05) is 0 Å². The van der Waals surface area contributed by atoms with Crippen molar-refractivity contribution in [2.24, 2.45) is 5.92 Å². The number of carbonyl (C=O) groups excluding carboxylic acids is 1. The zero-order chi connectivity index (χ0) is 14.5. The second kappa shape index (κ2) is 6.75. The Balaban J connectivity index is 2.19. The number of hydrogen-bond donors (Lipinski definition) is 1. The third-order valence-electron chi connectivity index (χ3n) is 3.30. The summed E-state index contributed by atoms with van der Waals surface area (Å²) in [4.78, 5) is 24.2. The van der Waals surface area contributed by atoms with Crippen LogP contribution in [-0.2, 0) is 9.53 Å². The summed E-state index contributed by atoms with van der Waals surface area (Å²) in [5.41, 5.74) is 0. The Morgan fingerprint density at radius 3 is 2.32 bits per heavy atom. The van der Waals surface area contributed by atoms with Crippen LogP contribution in [0.4, 0.5) is 4.79 Å². The molecule has 19 heavy (non-hydrogen) atoms. The number of carbonyl (C=O) groups is 2. The van der Waals surface area contributed by atoms with Gasteiger partial charge in [0.15, 0.2) is 0 Å². The van der Waals surface area contributed by atoms with Gasteiger partial charge >= 0.3 is 12.1 Å². The van der Waals surface area contributed by atoms with Gasteiger partial charge in [0, 0.05) is 19.5 Å². The Kier molecular flexibility index (Phi) is 5.60. The van der Waals surface area contributed by atoms with Crippen LogP contribution in [0.25, 0.3) is 0 Å². The maximum absolute atomic E-state index is 11.8. The quantitative estimate of drug-likeness (QED) is 0.600. The van der Waals surface area contributed by atoms with Gasteiger partial charge in [-0.05, 0) is 12.8 Å². The van der Waals surface area contributed by atoms with Gasteiger partial charge < -0.3 is 19.2 Å². The van der Waals surface area contributed by atoms with E-state index >= 15 is 0 Å². The van der Waals surface area contributed by atoms with Crippen LogP contribution < -0.4 is 0 Å². The lowest BCUT2D eigenvalue weighted by Gasteiger charge is -2.29. The number of likely N-dealkylation sites (tertiary alicyclic amines) is 1. The van der Waals surface area contributed by atoms with Crippen molar-refractivity contribution in [3.63, 3.8) is 0 Å². The van der Waals surface area contributed by atoms with Crippen molar-refractivity contribution >= 4 is 12.1 Å². The molecule has 0 atom stereocenters. The highest BCUT2D eigenvalue weighted by molar-refractivity contribution is 5.71. The lowest BCUT2D eigenvalue weighted by molar-refractivity contribution is -0.870. The van der Waals surface area contributed by atoms with E-state index in [0.29, 0.717) is 32.5 Å². The molecule has 0 unspecified atom stereocenters. The van der Waals surface area contributed by atoms with Crippen LogP contribution in [-0.4, -0.2) is 73.9 Å². The first-order chi connectivity index (χ1) is 8.79. The van der Waals surface area contributed by atoms with Gasteiger partial charge in [0.25, 0.3) is 0 Å². The van der Waals surface area contributed by atoms with E-state index in [-0.39, 0.29) is 12.0 Å². The molecule has 0 radical (unpaired) electrons. The van der Waals surface area contributed by atoms with Crippen LogP contribution in [0, 0.1) is 5.92 Å². The van der Waals surface area contributed by atoms with Gasteiger partial charge in [-0.3, -0.25) is 4.79 Å². The van der Waals surface area contributed by atoms with Crippen LogP contribution in [0.3, 0.4) is 0 Å². The lowest BCUT2D eigenvalue weighted by Crippen LogP contribution is -2.41. The molecule has 1 aliphatic rings. The number of aliphatic carboxylic acids is 1. The predicted molar refractivity (Wildman–Crippen MR) is 70.8 cm³/mol. The molecule has 0 aliphatic carbocycles. The van der Waals surface area contributed by atoms with E-state index < -0.39 is 5.97 Å². The molecule has 1 N–H and O–H groups in total. The number of carboxylic acids is 1. The highest BCUT2D eigenvalue weighted by Crippen LogP contribution is 2.17. The second-order valence-electron chi connectivity index (χ2n) is 6.08. The van der Waals surface area contributed by atoms with Gasteiger partial charge in [-0.15, -0.1) is 0 Å². The highest BCUT2D eigenvalue weighted by atomic mass is 16.6. The normalized spacial score (nSPS) is 17.3. The third kappa shape index (κ3) is 5.92. The zero-order valence-corrected chi connectivity index (χ0v) is 12.1. The largest absolute Gasteiger partial charge is 0.481 e. The average Bonchev–Trinajstić information content (AvgIpc) is 2.33. The second-order valence-corrected chi connectivity index (χ2v) is 6.08. The van der Waals surface area contributed by atoms with E-state index in [1.165, 1.54) is 0 Å². The maximum atomic E-state index is 11.8. The van der Waals surface area contributed by atoms with Gasteiger partial charge in [-0.1, -0.05) is 0 Å². The van der Waals surface area contributed by atoms with Crippen molar-refractivity contribution < 1.29 is 23.9 Å². The molecule has 0 spiro atoms. The maximum Gasteiger partial charge on any atom is 0.409 e. The molecule has 1 amide bonds. The number of carboxylic acid groups (broad SMARTS) is 1. The fourth-order valence-electron chi connectivity index (χ4n) is 2.10. The summed E-state index contributed by atoms with van der Waals surface area (Å²) in [5.74, 6) is -1.08. The third-order valence-corrected chi connectivity index (χ3v) is 3.30. The molecule has 1 heterocycles. The van der Waals surface area contributed by atoms with Crippen molar-refractivity contribution in [1.29, 1.82) is 0 Å². The SMILES string of the molecule is C[N+](C)(C)CCCOC(=O)N1CCC(C(=O)O)CC1. The van der Waals surface area contributed by atoms with Crippen molar-refractivity contribution in [3.8, 4) is 0 Å². The molecule has 0 aromatic heterocycles.